The summed E-state index contributed by atoms with van der Waals surface area (Å²) in [5.74, 6) is -0.831. The average molecular weight is 219 g/mol. The molecule has 16 heavy (non-hydrogen) atoms. The third-order valence-corrected chi connectivity index (χ3v) is 2.71. The van der Waals surface area contributed by atoms with Gasteiger partial charge in [0.05, 0.1) is 12.5 Å². The predicted octanol–water partition coefficient (Wildman–Crippen LogP) is 1.50. The summed E-state index contributed by atoms with van der Waals surface area (Å²) < 4.78 is 4.94. The quantitative estimate of drug-likeness (QED) is 0.604. The number of benzene rings is 1. The highest BCUT2D eigenvalue weighted by atomic mass is 16.5. The Hall–Kier alpha value is -1.84. The summed E-state index contributed by atoms with van der Waals surface area (Å²) in [7, 11) is 0. The second kappa shape index (κ2) is 3.96. The second-order valence-corrected chi connectivity index (χ2v) is 3.78. The number of carbonyl (C=O) groups is 2. The van der Waals surface area contributed by atoms with Gasteiger partial charge in [-0.3, -0.25) is 9.59 Å². The molecular formula is C12H13NO3. The summed E-state index contributed by atoms with van der Waals surface area (Å²) >= 11 is 0. The summed E-state index contributed by atoms with van der Waals surface area (Å²) in [6.07, 6.45) is 0.192. The van der Waals surface area contributed by atoms with Crippen LogP contribution in [0.15, 0.2) is 18.2 Å². The van der Waals surface area contributed by atoms with Crippen molar-refractivity contribution in [2.45, 2.75) is 19.3 Å². The Bertz CT molecular complexity index is 454. The first kappa shape index (κ1) is 10.7. The van der Waals surface area contributed by atoms with E-state index in [9.17, 15) is 9.59 Å². The zero-order valence-corrected chi connectivity index (χ0v) is 9.03. The highest BCUT2D eigenvalue weighted by Crippen LogP contribution is 2.34. The minimum atomic E-state index is -0.456. The van der Waals surface area contributed by atoms with Crippen molar-refractivity contribution in [3.8, 4) is 0 Å². The van der Waals surface area contributed by atoms with Crippen molar-refractivity contribution in [1.29, 1.82) is 0 Å². The van der Waals surface area contributed by atoms with Crippen LogP contribution < -0.4 is 5.73 Å². The number of nitrogens with two attached hydrogens (primary N) is 1. The zero-order valence-electron chi connectivity index (χ0n) is 9.03. The fraction of sp³-hybridized carbons (Fsp3) is 0.333. The van der Waals surface area contributed by atoms with E-state index >= 15 is 0 Å². The summed E-state index contributed by atoms with van der Waals surface area (Å²) in [5.41, 5.74) is 7.43. The third kappa shape index (κ3) is 1.66. The number of ketones is 1. The molecule has 0 amide bonds. The first-order valence-corrected chi connectivity index (χ1v) is 5.22. The maximum atomic E-state index is 11.7. The van der Waals surface area contributed by atoms with Crippen LogP contribution in [0.25, 0.3) is 0 Å². The van der Waals surface area contributed by atoms with Gasteiger partial charge in [0.15, 0.2) is 5.78 Å². The molecule has 0 radical (unpaired) electrons. The Morgan fingerprint density at radius 2 is 2.31 bits per heavy atom. The van der Waals surface area contributed by atoms with Crippen molar-refractivity contribution in [2.24, 2.45) is 0 Å². The van der Waals surface area contributed by atoms with Crippen molar-refractivity contribution in [3.05, 3.63) is 29.3 Å². The van der Waals surface area contributed by atoms with Crippen LogP contribution in [-0.4, -0.2) is 18.4 Å². The molecule has 2 N–H and O–H groups in total. The number of fused-ring (bicyclic) bond motifs is 1. The monoisotopic (exact) mass is 219 g/mol. The van der Waals surface area contributed by atoms with Crippen molar-refractivity contribution in [2.75, 3.05) is 12.3 Å². The highest BCUT2D eigenvalue weighted by Gasteiger charge is 2.35. The zero-order chi connectivity index (χ0) is 11.7. The van der Waals surface area contributed by atoms with Crippen molar-refractivity contribution >= 4 is 17.4 Å². The van der Waals surface area contributed by atoms with E-state index in [0.717, 1.165) is 5.56 Å². The maximum Gasteiger partial charge on any atom is 0.313 e. The Morgan fingerprint density at radius 1 is 1.56 bits per heavy atom. The predicted molar refractivity (Wildman–Crippen MR) is 59.2 cm³/mol. The first-order chi connectivity index (χ1) is 7.63. The first-order valence-electron chi connectivity index (χ1n) is 5.22. The largest absolute Gasteiger partial charge is 0.466 e. The van der Waals surface area contributed by atoms with Gasteiger partial charge in [0.1, 0.15) is 0 Å². The number of carbonyl (C=O) groups excluding carboxylic acids is 2. The van der Waals surface area contributed by atoms with Crippen LogP contribution in [-0.2, 0) is 9.53 Å². The average Bonchev–Trinajstić information content (AvgIpc) is 2.56. The second-order valence-electron chi connectivity index (χ2n) is 3.78. The van der Waals surface area contributed by atoms with E-state index in [1.165, 1.54) is 0 Å². The van der Waals surface area contributed by atoms with Gasteiger partial charge < -0.3 is 10.5 Å². The summed E-state index contributed by atoms with van der Waals surface area (Å²) in [4.78, 5) is 23.3. The third-order valence-electron chi connectivity index (χ3n) is 2.71. The van der Waals surface area contributed by atoms with E-state index in [1.807, 2.05) is 0 Å². The molecule has 0 aromatic heterocycles. The highest BCUT2D eigenvalue weighted by molar-refractivity contribution is 6.06. The smallest absolute Gasteiger partial charge is 0.313 e. The van der Waals surface area contributed by atoms with Gasteiger partial charge in [-0.1, -0.05) is 6.07 Å². The molecule has 4 heteroatoms. The van der Waals surface area contributed by atoms with Crippen LogP contribution in [0.4, 0.5) is 5.69 Å². The molecule has 0 bridgehead atoms. The SMILES string of the molecule is CCOC(=O)C1CC(=O)c2cc(N)ccc21. The van der Waals surface area contributed by atoms with Crippen LogP contribution in [0, 0.1) is 0 Å². The standard InChI is InChI=1S/C12H13NO3/c1-2-16-12(15)10-6-11(14)9-5-7(13)3-4-8(9)10/h3-5,10H,2,6,13H2,1H3. The van der Waals surface area contributed by atoms with Crippen LogP contribution in [0.2, 0.25) is 0 Å². The Balaban J connectivity index is 2.36. The van der Waals surface area contributed by atoms with E-state index < -0.39 is 5.92 Å². The van der Waals surface area contributed by atoms with Crippen LogP contribution in [0.1, 0.15) is 35.2 Å². The van der Waals surface area contributed by atoms with Crippen LogP contribution in [0.5, 0.6) is 0 Å². The van der Waals surface area contributed by atoms with E-state index in [1.54, 1.807) is 25.1 Å². The van der Waals surface area contributed by atoms with Gasteiger partial charge in [-0.2, -0.15) is 0 Å². The van der Waals surface area contributed by atoms with Crippen LogP contribution >= 0.6 is 0 Å². The number of Topliss-reactive ketones (excluding diaryl/α,β-unsaturated/α-hetero) is 1. The molecule has 2 rings (SSSR count). The van der Waals surface area contributed by atoms with Crippen molar-refractivity contribution in [1.82, 2.24) is 0 Å². The summed E-state index contributed by atoms with van der Waals surface area (Å²) in [6, 6.07) is 5.05. The minimum absolute atomic E-state index is 0.0413. The molecule has 4 nitrogen and oxygen atoms in total. The molecule has 84 valence electrons. The van der Waals surface area contributed by atoms with E-state index in [-0.39, 0.29) is 18.2 Å². The van der Waals surface area contributed by atoms with E-state index in [4.69, 9.17) is 10.5 Å². The number of anilines is 1. The summed E-state index contributed by atoms with van der Waals surface area (Å²) in [5, 5.41) is 0. The molecule has 1 aliphatic carbocycles. The number of esters is 1. The van der Waals surface area contributed by atoms with Crippen LogP contribution in [0.3, 0.4) is 0 Å². The number of hydrogen-bond donors (Lipinski definition) is 1. The molecule has 1 aromatic carbocycles. The van der Waals surface area contributed by atoms with Crippen molar-refractivity contribution < 1.29 is 14.3 Å². The number of rotatable bonds is 2. The molecule has 1 atom stereocenters. The molecule has 0 spiro atoms. The lowest BCUT2D eigenvalue weighted by molar-refractivity contribution is -0.144. The Labute approximate surface area is 93.4 Å². The lowest BCUT2D eigenvalue weighted by Gasteiger charge is -2.09. The van der Waals surface area contributed by atoms with Crippen molar-refractivity contribution in [3.63, 3.8) is 0 Å². The molecule has 1 aromatic rings. The molecule has 0 saturated carbocycles. The van der Waals surface area contributed by atoms with Gasteiger partial charge in [0, 0.05) is 17.7 Å². The maximum absolute atomic E-state index is 11.7. The number of hydrogen-bond acceptors (Lipinski definition) is 4. The fourth-order valence-electron chi connectivity index (χ4n) is 1.98. The van der Waals surface area contributed by atoms with Gasteiger partial charge >= 0.3 is 5.97 Å². The van der Waals surface area contributed by atoms with Gasteiger partial charge in [-0.15, -0.1) is 0 Å². The molecule has 0 aliphatic heterocycles. The molecule has 0 saturated heterocycles. The molecule has 1 aliphatic rings. The van der Waals surface area contributed by atoms with E-state index in [0.29, 0.717) is 17.9 Å². The molecular weight excluding hydrogens is 206 g/mol. The Morgan fingerprint density at radius 3 is 3.00 bits per heavy atom. The van der Waals surface area contributed by atoms with Gasteiger partial charge in [-0.05, 0) is 24.6 Å². The lowest BCUT2D eigenvalue weighted by atomic mass is 10.0. The Kier molecular flexibility index (Phi) is 2.64. The topological polar surface area (TPSA) is 69.4 Å². The summed E-state index contributed by atoms with van der Waals surface area (Å²) in [6.45, 7) is 2.08. The molecule has 0 heterocycles. The minimum Gasteiger partial charge on any atom is -0.466 e. The van der Waals surface area contributed by atoms with Gasteiger partial charge in [0.2, 0.25) is 0 Å². The fourth-order valence-corrected chi connectivity index (χ4v) is 1.98. The van der Waals surface area contributed by atoms with Gasteiger partial charge in [0.25, 0.3) is 0 Å². The van der Waals surface area contributed by atoms with Gasteiger partial charge in [-0.25, -0.2) is 0 Å². The molecule has 1 unspecified atom stereocenters. The number of ether oxygens (including phenoxy) is 1. The normalized spacial score (nSPS) is 18.3. The molecule has 0 fully saturated rings. The van der Waals surface area contributed by atoms with E-state index in [2.05, 4.69) is 0 Å². The number of nitrogen functional groups attached to an aromatic ring is 1. The lowest BCUT2D eigenvalue weighted by Crippen LogP contribution is -2.13.